The van der Waals surface area contributed by atoms with Gasteiger partial charge in [-0.25, -0.2) is 18.1 Å². The lowest BCUT2D eigenvalue weighted by molar-refractivity contribution is 0.578. The monoisotopic (exact) mass is 343 g/mol. The Hall–Kier alpha value is -2.18. The van der Waals surface area contributed by atoms with Crippen LogP contribution in [0, 0.1) is 6.92 Å². The lowest BCUT2D eigenvalue weighted by Gasteiger charge is -2.08. The Morgan fingerprint density at radius 1 is 1.17 bits per heavy atom. The molecule has 2 heterocycles. The molecule has 0 aliphatic heterocycles. The van der Waals surface area contributed by atoms with E-state index < -0.39 is 10.0 Å². The molecule has 0 spiro atoms. The molecular formula is C18H21N3O2S. The first-order valence-corrected chi connectivity index (χ1v) is 9.54. The topological polar surface area (TPSA) is 74.8 Å². The van der Waals surface area contributed by atoms with E-state index in [1.54, 1.807) is 18.3 Å². The summed E-state index contributed by atoms with van der Waals surface area (Å²) in [6.45, 7) is 4.48. The fourth-order valence-electron chi connectivity index (χ4n) is 2.69. The van der Waals surface area contributed by atoms with Crippen LogP contribution >= 0.6 is 0 Å². The van der Waals surface area contributed by atoms with Gasteiger partial charge in [-0.05, 0) is 48.7 Å². The molecule has 6 heteroatoms. The van der Waals surface area contributed by atoms with Crippen LogP contribution in [0.5, 0.6) is 0 Å². The van der Waals surface area contributed by atoms with Gasteiger partial charge in [0.2, 0.25) is 10.0 Å². The third kappa shape index (κ3) is 3.34. The van der Waals surface area contributed by atoms with Gasteiger partial charge in [0, 0.05) is 23.8 Å². The van der Waals surface area contributed by atoms with Crippen molar-refractivity contribution >= 4 is 21.1 Å². The van der Waals surface area contributed by atoms with Crippen molar-refractivity contribution in [3.8, 4) is 11.1 Å². The molecular weight excluding hydrogens is 322 g/mol. The normalized spacial score (nSPS) is 11.9. The number of nitrogens with one attached hydrogen (secondary N) is 2. The summed E-state index contributed by atoms with van der Waals surface area (Å²) in [5, 5.41) is 1.03. The van der Waals surface area contributed by atoms with Crippen LogP contribution in [0.2, 0.25) is 0 Å². The maximum absolute atomic E-state index is 12.2. The average molecular weight is 343 g/mol. The van der Waals surface area contributed by atoms with Crippen molar-refractivity contribution in [1.82, 2.24) is 14.7 Å². The number of benzene rings is 1. The van der Waals surface area contributed by atoms with Crippen LogP contribution in [0.1, 0.15) is 25.5 Å². The van der Waals surface area contributed by atoms with Crippen LogP contribution in [0.4, 0.5) is 0 Å². The van der Waals surface area contributed by atoms with Crippen molar-refractivity contribution in [3.05, 3.63) is 48.3 Å². The first-order chi connectivity index (χ1) is 11.5. The molecule has 1 aromatic carbocycles. The van der Waals surface area contributed by atoms with Crippen molar-refractivity contribution in [3.63, 3.8) is 0 Å². The molecule has 2 N–H and O–H groups in total. The Morgan fingerprint density at radius 2 is 1.92 bits per heavy atom. The molecule has 0 aliphatic carbocycles. The zero-order chi connectivity index (χ0) is 17.2. The number of nitrogens with zero attached hydrogens (tertiary/aromatic N) is 1. The summed E-state index contributed by atoms with van der Waals surface area (Å²) in [6, 6.07) is 11.0. The predicted octanol–water partition coefficient (Wildman–Crippen LogP) is 3.62. The van der Waals surface area contributed by atoms with E-state index in [-0.39, 0.29) is 4.90 Å². The lowest BCUT2D eigenvalue weighted by atomic mass is 10.0. The molecule has 0 saturated heterocycles. The Balaban J connectivity index is 1.91. The molecule has 3 rings (SSSR count). The summed E-state index contributed by atoms with van der Waals surface area (Å²) in [5.41, 5.74) is 3.88. The molecule has 0 amide bonds. The second-order valence-corrected chi connectivity index (χ2v) is 7.62. The van der Waals surface area contributed by atoms with E-state index in [1.165, 1.54) is 0 Å². The number of aromatic amines is 1. The van der Waals surface area contributed by atoms with Crippen molar-refractivity contribution in [2.75, 3.05) is 6.54 Å². The zero-order valence-electron chi connectivity index (χ0n) is 13.8. The highest BCUT2D eigenvalue weighted by Crippen LogP contribution is 2.28. The van der Waals surface area contributed by atoms with Gasteiger partial charge in [0.1, 0.15) is 5.65 Å². The van der Waals surface area contributed by atoms with Gasteiger partial charge >= 0.3 is 0 Å². The number of H-pyrrole nitrogens is 1. The summed E-state index contributed by atoms with van der Waals surface area (Å²) in [6.07, 6.45) is 3.54. The van der Waals surface area contributed by atoms with Gasteiger partial charge < -0.3 is 4.98 Å². The number of rotatable bonds is 6. The van der Waals surface area contributed by atoms with Crippen LogP contribution in [-0.4, -0.2) is 24.9 Å². The van der Waals surface area contributed by atoms with Crippen LogP contribution in [0.3, 0.4) is 0 Å². The summed E-state index contributed by atoms with van der Waals surface area (Å²) >= 11 is 0. The van der Waals surface area contributed by atoms with Crippen LogP contribution in [-0.2, 0) is 10.0 Å². The fourth-order valence-corrected chi connectivity index (χ4v) is 3.76. The minimum Gasteiger partial charge on any atom is -0.344 e. The van der Waals surface area contributed by atoms with E-state index in [0.717, 1.165) is 40.7 Å². The number of aromatic nitrogens is 2. The molecule has 0 aliphatic rings. The number of hydrogen-bond donors (Lipinski definition) is 2. The maximum Gasteiger partial charge on any atom is 0.240 e. The number of hydrogen-bond acceptors (Lipinski definition) is 3. The standard InChI is InChI=1S/C18H21N3O2S/c1-3-4-10-20-24(22,23)15-7-5-14(6-8-15)16-9-11-19-18-17(16)12-13(2)21-18/h5-9,11-12,20H,3-4,10H2,1-2H3,(H,19,21). The van der Waals surface area contributed by atoms with Gasteiger partial charge in [0.25, 0.3) is 0 Å². The van der Waals surface area contributed by atoms with E-state index in [1.807, 2.05) is 32.0 Å². The van der Waals surface area contributed by atoms with Crippen molar-refractivity contribution in [1.29, 1.82) is 0 Å². The van der Waals surface area contributed by atoms with E-state index >= 15 is 0 Å². The number of sulfonamides is 1. The Kier molecular flexibility index (Phi) is 4.69. The number of aryl methyl sites for hydroxylation is 1. The number of pyridine rings is 1. The molecule has 0 saturated carbocycles. The van der Waals surface area contributed by atoms with E-state index in [4.69, 9.17) is 0 Å². The smallest absolute Gasteiger partial charge is 0.240 e. The molecule has 2 aromatic heterocycles. The summed E-state index contributed by atoms with van der Waals surface area (Å²) in [7, 11) is -3.44. The van der Waals surface area contributed by atoms with E-state index in [9.17, 15) is 8.42 Å². The summed E-state index contributed by atoms with van der Waals surface area (Å²) in [5.74, 6) is 0. The van der Waals surface area contributed by atoms with Gasteiger partial charge in [-0.1, -0.05) is 25.5 Å². The highest BCUT2D eigenvalue weighted by atomic mass is 32.2. The molecule has 0 bridgehead atoms. The van der Waals surface area contributed by atoms with Crippen LogP contribution in [0.15, 0.2) is 47.5 Å². The highest BCUT2D eigenvalue weighted by Gasteiger charge is 2.14. The Bertz CT molecular complexity index is 944. The Morgan fingerprint density at radius 3 is 2.62 bits per heavy atom. The molecule has 0 atom stereocenters. The molecule has 0 unspecified atom stereocenters. The minimum atomic E-state index is -3.44. The molecule has 126 valence electrons. The average Bonchev–Trinajstić information content (AvgIpc) is 2.95. The largest absolute Gasteiger partial charge is 0.344 e. The first-order valence-electron chi connectivity index (χ1n) is 8.05. The number of fused-ring (bicyclic) bond motifs is 1. The number of unbranched alkanes of at least 4 members (excludes halogenated alkanes) is 1. The maximum atomic E-state index is 12.2. The fraction of sp³-hybridized carbons (Fsp3) is 0.278. The van der Waals surface area contributed by atoms with Gasteiger partial charge in [-0.15, -0.1) is 0 Å². The third-order valence-electron chi connectivity index (χ3n) is 3.96. The quantitative estimate of drug-likeness (QED) is 0.671. The van der Waals surface area contributed by atoms with Crippen molar-refractivity contribution in [2.45, 2.75) is 31.6 Å². The van der Waals surface area contributed by atoms with Gasteiger partial charge in [0.15, 0.2) is 0 Å². The second-order valence-electron chi connectivity index (χ2n) is 5.85. The summed E-state index contributed by atoms with van der Waals surface area (Å²) < 4.78 is 27.1. The third-order valence-corrected chi connectivity index (χ3v) is 5.44. The molecule has 3 aromatic rings. The van der Waals surface area contributed by atoms with Crippen LogP contribution in [0.25, 0.3) is 22.2 Å². The van der Waals surface area contributed by atoms with Gasteiger partial charge in [0.05, 0.1) is 4.90 Å². The van der Waals surface area contributed by atoms with Crippen molar-refractivity contribution in [2.24, 2.45) is 0 Å². The zero-order valence-corrected chi connectivity index (χ0v) is 14.7. The second kappa shape index (κ2) is 6.75. The first kappa shape index (κ1) is 16.7. The Labute approximate surface area is 142 Å². The van der Waals surface area contributed by atoms with Gasteiger partial charge in [-0.2, -0.15) is 0 Å². The minimum absolute atomic E-state index is 0.290. The molecule has 0 radical (unpaired) electrons. The lowest BCUT2D eigenvalue weighted by Crippen LogP contribution is -2.24. The molecule has 5 nitrogen and oxygen atoms in total. The molecule has 24 heavy (non-hydrogen) atoms. The van der Waals surface area contributed by atoms with E-state index in [2.05, 4.69) is 20.8 Å². The van der Waals surface area contributed by atoms with Crippen molar-refractivity contribution < 1.29 is 8.42 Å². The molecule has 0 fully saturated rings. The van der Waals surface area contributed by atoms with Crippen LogP contribution < -0.4 is 4.72 Å². The predicted molar refractivity (Wildman–Crippen MR) is 96.4 cm³/mol. The highest BCUT2D eigenvalue weighted by molar-refractivity contribution is 7.89. The summed E-state index contributed by atoms with van der Waals surface area (Å²) in [4.78, 5) is 7.83. The van der Waals surface area contributed by atoms with Gasteiger partial charge in [-0.3, -0.25) is 0 Å². The van der Waals surface area contributed by atoms with E-state index in [0.29, 0.717) is 6.54 Å². The SMILES string of the molecule is CCCCNS(=O)(=O)c1ccc(-c2ccnc3[nH]c(C)cc23)cc1.